The Morgan fingerprint density at radius 3 is 2.35 bits per heavy atom. The van der Waals surface area contributed by atoms with Gasteiger partial charge in [0, 0.05) is 10.7 Å². The number of hydrogen-bond acceptors (Lipinski definition) is 3. The molecule has 1 amide bonds. The van der Waals surface area contributed by atoms with Crippen molar-refractivity contribution < 1.29 is 13.2 Å². The molecule has 0 atom stereocenters. The van der Waals surface area contributed by atoms with Gasteiger partial charge in [0.2, 0.25) is 15.9 Å². The summed E-state index contributed by atoms with van der Waals surface area (Å²) >= 11 is 5.81. The molecular weight excluding hydrogens is 336 g/mol. The van der Waals surface area contributed by atoms with Crippen molar-refractivity contribution in [2.24, 2.45) is 5.14 Å². The summed E-state index contributed by atoms with van der Waals surface area (Å²) in [4.78, 5) is 12.1. The summed E-state index contributed by atoms with van der Waals surface area (Å²) in [6.07, 6.45) is 0.162. The predicted molar refractivity (Wildman–Crippen MR) is 91.1 cm³/mol. The van der Waals surface area contributed by atoms with Crippen LogP contribution in [0.3, 0.4) is 0 Å². The van der Waals surface area contributed by atoms with Crippen LogP contribution < -0.4 is 10.5 Å². The number of anilines is 1. The van der Waals surface area contributed by atoms with Crippen molar-refractivity contribution in [1.82, 2.24) is 0 Å². The predicted octanol–water partition coefficient (Wildman–Crippen LogP) is 2.79. The van der Waals surface area contributed by atoms with E-state index in [2.05, 4.69) is 5.32 Å². The second-order valence-corrected chi connectivity index (χ2v) is 7.31. The van der Waals surface area contributed by atoms with Gasteiger partial charge in [-0.15, -0.1) is 0 Å². The van der Waals surface area contributed by atoms with Crippen molar-refractivity contribution in [3.8, 4) is 0 Å². The largest absolute Gasteiger partial charge is 0.326 e. The highest BCUT2D eigenvalue weighted by Gasteiger charge is 2.14. The fraction of sp³-hybridized carbons (Fsp3) is 0.188. The van der Waals surface area contributed by atoms with Crippen molar-refractivity contribution in [2.75, 3.05) is 5.32 Å². The number of aryl methyl sites for hydroxylation is 1. The van der Waals surface area contributed by atoms with Gasteiger partial charge in [0.1, 0.15) is 0 Å². The zero-order chi connectivity index (χ0) is 17.2. The Labute approximate surface area is 140 Å². The molecule has 0 aliphatic carbocycles. The van der Waals surface area contributed by atoms with Gasteiger partial charge in [-0.25, -0.2) is 13.6 Å². The lowest BCUT2D eigenvalue weighted by Gasteiger charge is -2.13. The molecule has 0 spiro atoms. The Bertz CT molecular complexity index is 846. The van der Waals surface area contributed by atoms with Crippen molar-refractivity contribution in [2.45, 2.75) is 25.2 Å². The van der Waals surface area contributed by atoms with Gasteiger partial charge in [-0.2, -0.15) is 0 Å². The van der Waals surface area contributed by atoms with Gasteiger partial charge in [0.15, 0.2) is 0 Å². The Hall–Kier alpha value is -1.89. The Morgan fingerprint density at radius 2 is 1.78 bits per heavy atom. The quantitative estimate of drug-likeness (QED) is 0.886. The summed E-state index contributed by atoms with van der Waals surface area (Å²) in [6, 6.07) is 9.81. The molecule has 2 aromatic carbocycles. The molecule has 0 aromatic heterocycles. The van der Waals surface area contributed by atoms with Crippen LogP contribution in [0.4, 0.5) is 5.69 Å². The average Bonchev–Trinajstić information content (AvgIpc) is 2.45. The van der Waals surface area contributed by atoms with Crippen LogP contribution in [-0.4, -0.2) is 14.3 Å². The van der Waals surface area contributed by atoms with Gasteiger partial charge >= 0.3 is 0 Å². The molecule has 0 saturated heterocycles. The van der Waals surface area contributed by atoms with E-state index in [1.54, 1.807) is 38.1 Å². The number of carbonyl (C=O) groups excluding carboxylic acids is 1. The summed E-state index contributed by atoms with van der Waals surface area (Å²) in [5.74, 6) is -0.249. The number of rotatable bonds is 4. The second kappa shape index (κ2) is 6.70. The van der Waals surface area contributed by atoms with E-state index in [0.29, 0.717) is 10.7 Å². The van der Waals surface area contributed by atoms with Gasteiger partial charge < -0.3 is 5.32 Å². The first kappa shape index (κ1) is 17.5. The second-order valence-electron chi connectivity index (χ2n) is 5.31. The van der Waals surface area contributed by atoms with Gasteiger partial charge in [-0.1, -0.05) is 23.7 Å². The molecule has 5 nitrogen and oxygen atoms in total. The summed E-state index contributed by atoms with van der Waals surface area (Å²) in [5.41, 5.74) is 2.78. The molecule has 2 rings (SSSR count). The van der Waals surface area contributed by atoms with Gasteiger partial charge in [-0.05, 0) is 54.8 Å². The third-order valence-corrected chi connectivity index (χ3v) is 4.67. The van der Waals surface area contributed by atoms with Crippen LogP contribution in [0.2, 0.25) is 5.02 Å². The van der Waals surface area contributed by atoms with E-state index in [4.69, 9.17) is 16.7 Å². The van der Waals surface area contributed by atoms with Gasteiger partial charge in [-0.3, -0.25) is 4.79 Å². The summed E-state index contributed by atoms with van der Waals surface area (Å²) in [7, 11) is -3.83. The Morgan fingerprint density at radius 1 is 1.17 bits per heavy atom. The molecule has 0 saturated carbocycles. The molecule has 0 heterocycles. The summed E-state index contributed by atoms with van der Waals surface area (Å²) in [5, 5.41) is 8.49. The number of nitrogens with one attached hydrogen (secondary N) is 1. The minimum atomic E-state index is -3.83. The first-order valence-corrected chi connectivity index (χ1v) is 8.77. The van der Waals surface area contributed by atoms with Crippen LogP contribution >= 0.6 is 11.6 Å². The molecule has 2 aromatic rings. The van der Waals surface area contributed by atoms with Gasteiger partial charge in [0.05, 0.1) is 11.3 Å². The highest BCUT2D eigenvalue weighted by atomic mass is 35.5. The number of carbonyl (C=O) groups is 1. The molecule has 0 fully saturated rings. The van der Waals surface area contributed by atoms with E-state index in [1.165, 1.54) is 12.1 Å². The number of hydrogen-bond donors (Lipinski definition) is 2. The van der Waals surface area contributed by atoms with E-state index >= 15 is 0 Å². The van der Waals surface area contributed by atoms with E-state index < -0.39 is 10.0 Å². The highest BCUT2D eigenvalue weighted by Crippen LogP contribution is 2.23. The Kier molecular flexibility index (Phi) is 5.09. The van der Waals surface area contributed by atoms with E-state index in [0.717, 1.165) is 16.7 Å². The first-order valence-electron chi connectivity index (χ1n) is 6.85. The molecule has 7 heteroatoms. The topological polar surface area (TPSA) is 89.3 Å². The third-order valence-electron chi connectivity index (χ3n) is 3.52. The number of amides is 1. The number of primary sulfonamides is 1. The lowest BCUT2D eigenvalue weighted by atomic mass is 10.1. The molecule has 0 aliphatic rings. The molecule has 3 N–H and O–H groups in total. The molecule has 0 radical (unpaired) electrons. The summed E-state index contributed by atoms with van der Waals surface area (Å²) in [6.45, 7) is 3.57. The highest BCUT2D eigenvalue weighted by molar-refractivity contribution is 7.89. The molecule has 0 aliphatic heterocycles. The smallest absolute Gasteiger partial charge is 0.238 e. The minimum absolute atomic E-state index is 0.0256. The maximum atomic E-state index is 12.2. The molecule has 122 valence electrons. The van der Waals surface area contributed by atoms with Crippen molar-refractivity contribution in [3.05, 3.63) is 58.1 Å². The van der Waals surface area contributed by atoms with Crippen molar-refractivity contribution in [1.29, 1.82) is 0 Å². The molecule has 0 unspecified atom stereocenters. The standard InChI is InChI=1S/C16H17ClN2O3S/c1-10-7-14(23(18,21)22)9-15(11(10)2)19-16(20)8-12-3-5-13(17)6-4-12/h3-7,9H,8H2,1-2H3,(H,19,20)(H2,18,21,22). The lowest BCUT2D eigenvalue weighted by molar-refractivity contribution is -0.115. The zero-order valence-corrected chi connectivity index (χ0v) is 14.3. The van der Waals surface area contributed by atoms with E-state index in [9.17, 15) is 13.2 Å². The summed E-state index contributed by atoms with van der Waals surface area (Å²) < 4.78 is 23.0. The van der Waals surface area contributed by atoms with Crippen molar-refractivity contribution >= 4 is 33.2 Å². The fourth-order valence-corrected chi connectivity index (χ4v) is 2.85. The SMILES string of the molecule is Cc1cc(S(N)(=O)=O)cc(NC(=O)Cc2ccc(Cl)cc2)c1C. The van der Waals surface area contributed by atoms with Crippen LogP contribution in [-0.2, 0) is 21.2 Å². The zero-order valence-electron chi connectivity index (χ0n) is 12.8. The van der Waals surface area contributed by atoms with E-state index in [1.807, 2.05) is 0 Å². The number of nitrogens with two attached hydrogens (primary N) is 1. The molecular formula is C16H17ClN2O3S. The number of halogens is 1. The van der Waals surface area contributed by atoms with Crippen LogP contribution in [0.5, 0.6) is 0 Å². The molecule has 0 bridgehead atoms. The van der Waals surface area contributed by atoms with Crippen LogP contribution in [0, 0.1) is 13.8 Å². The number of sulfonamides is 1. The monoisotopic (exact) mass is 352 g/mol. The first-order chi connectivity index (χ1) is 10.7. The van der Waals surface area contributed by atoms with Crippen LogP contribution in [0.25, 0.3) is 0 Å². The Balaban J connectivity index is 2.23. The van der Waals surface area contributed by atoms with Crippen LogP contribution in [0.15, 0.2) is 41.3 Å². The minimum Gasteiger partial charge on any atom is -0.326 e. The maximum Gasteiger partial charge on any atom is 0.238 e. The lowest BCUT2D eigenvalue weighted by Crippen LogP contribution is -2.17. The molecule has 23 heavy (non-hydrogen) atoms. The average molecular weight is 353 g/mol. The van der Waals surface area contributed by atoms with E-state index in [-0.39, 0.29) is 17.2 Å². The normalized spacial score (nSPS) is 11.3. The fourth-order valence-electron chi connectivity index (χ4n) is 2.10. The van der Waals surface area contributed by atoms with Crippen molar-refractivity contribution in [3.63, 3.8) is 0 Å². The third kappa shape index (κ3) is 4.54. The maximum absolute atomic E-state index is 12.2. The van der Waals surface area contributed by atoms with Gasteiger partial charge in [0.25, 0.3) is 0 Å². The number of benzene rings is 2. The van der Waals surface area contributed by atoms with Crippen LogP contribution in [0.1, 0.15) is 16.7 Å².